The number of ketones is 2. The van der Waals surface area contributed by atoms with Gasteiger partial charge in [-0.25, -0.2) is 0 Å². The Balaban J connectivity index is 0.000000150. The van der Waals surface area contributed by atoms with Crippen molar-refractivity contribution in [3.8, 4) is 0 Å². The molecule has 7 fully saturated rings. The Hall–Kier alpha value is -1.00. The molecule has 8 rings (SSSR count). The third-order valence-corrected chi connectivity index (χ3v) is 16.3. The highest BCUT2D eigenvalue weighted by molar-refractivity contribution is 5.91. The second kappa shape index (κ2) is 10.3. The van der Waals surface area contributed by atoms with Crippen LogP contribution in [-0.2, 0) is 9.59 Å². The van der Waals surface area contributed by atoms with Crippen molar-refractivity contribution < 1.29 is 21.2 Å². The van der Waals surface area contributed by atoms with Crippen LogP contribution in [0.15, 0.2) is 11.6 Å². The summed E-state index contributed by atoms with van der Waals surface area (Å²) in [6.07, 6.45) is 20.7. The summed E-state index contributed by atoms with van der Waals surface area (Å²) in [6, 6.07) is 0. The van der Waals surface area contributed by atoms with Crippen molar-refractivity contribution >= 4 is 11.6 Å². The predicted molar refractivity (Wildman–Crippen MR) is 167 cm³/mol. The van der Waals surface area contributed by atoms with E-state index in [0.717, 1.165) is 81.0 Å². The fraction of sp³-hybridized carbons (Fsp3) is 0.895. The molecule has 0 aromatic heterocycles. The van der Waals surface area contributed by atoms with Crippen molar-refractivity contribution in [2.24, 2.45) is 63.1 Å². The number of aliphatic hydroxyl groups is 2. The first-order valence-corrected chi connectivity index (χ1v) is 18.0. The molecule has 0 amide bonds. The van der Waals surface area contributed by atoms with Crippen molar-refractivity contribution in [1.29, 1.82) is 0 Å². The Labute approximate surface area is 256 Å². The quantitative estimate of drug-likeness (QED) is 0.305. The minimum absolute atomic E-state index is 0. The summed E-state index contributed by atoms with van der Waals surface area (Å²) in [4.78, 5) is 23.7. The molecule has 0 aromatic carbocycles. The third kappa shape index (κ3) is 4.26. The van der Waals surface area contributed by atoms with Crippen LogP contribution in [0.4, 0.5) is 0 Å². The van der Waals surface area contributed by atoms with Gasteiger partial charge in [-0.05, 0) is 159 Å². The van der Waals surface area contributed by atoms with Crippen LogP contribution >= 0.6 is 0 Å². The van der Waals surface area contributed by atoms with Gasteiger partial charge in [-0.1, -0.05) is 33.3 Å². The number of carbonyl (C=O) groups excluding carboxylic acids is 2. The smallest absolute Gasteiger partial charge is 0.393 e. The lowest BCUT2D eigenvalue weighted by molar-refractivity contribution is -0.141. The van der Waals surface area contributed by atoms with E-state index in [2.05, 4.69) is 27.7 Å². The summed E-state index contributed by atoms with van der Waals surface area (Å²) in [5, 5.41) is 20.9. The molecule has 0 aromatic rings. The van der Waals surface area contributed by atoms with Crippen LogP contribution in [0.3, 0.4) is 0 Å². The Morgan fingerprint density at radius 3 is 1.88 bits per heavy atom. The molecule has 0 saturated heterocycles. The van der Waals surface area contributed by atoms with E-state index in [1.807, 2.05) is 6.08 Å². The molecule has 0 bridgehead atoms. The normalized spacial score (nSPS) is 54.6. The molecule has 4 nitrogen and oxygen atoms in total. The van der Waals surface area contributed by atoms with E-state index in [4.69, 9.17) is 0 Å². The van der Waals surface area contributed by atoms with Gasteiger partial charge in [0.15, 0.2) is 5.78 Å². The van der Waals surface area contributed by atoms with E-state index in [0.29, 0.717) is 28.8 Å². The highest BCUT2D eigenvalue weighted by Gasteiger charge is 2.61. The summed E-state index contributed by atoms with van der Waals surface area (Å²) in [5.74, 6) is 6.10. The van der Waals surface area contributed by atoms with E-state index >= 15 is 0 Å². The van der Waals surface area contributed by atoms with Crippen LogP contribution in [0.5, 0.6) is 0 Å². The van der Waals surface area contributed by atoms with Crippen LogP contribution in [0, 0.1) is 63.1 Å². The lowest BCUT2D eigenvalue weighted by Crippen LogP contribution is -2.54. The molecule has 2 N–H and O–H groups in total. The van der Waals surface area contributed by atoms with E-state index in [-0.39, 0.29) is 29.9 Å². The van der Waals surface area contributed by atoms with Crippen LogP contribution in [0.25, 0.3) is 0 Å². The van der Waals surface area contributed by atoms with Gasteiger partial charge < -0.3 is 10.2 Å². The van der Waals surface area contributed by atoms with Gasteiger partial charge in [-0.2, -0.15) is 0 Å². The van der Waals surface area contributed by atoms with Gasteiger partial charge >= 0.3 is 1.43 Å². The van der Waals surface area contributed by atoms with Crippen LogP contribution in [-0.4, -0.2) is 34.0 Å². The summed E-state index contributed by atoms with van der Waals surface area (Å²) < 4.78 is 0. The highest BCUT2D eigenvalue weighted by atomic mass is 16.3. The molecular weight excluding hydrogens is 520 g/mol. The number of carbonyl (C=O) groups is 2. The molecule has 0 aliphatic heterocycles. The second-order valence-corrected chi connectivity index (χ2v) is 17.6. The molecular formula is C38H59O4+. The van der Waals surface area contributed by atoms with Crippen molar-refractivity contribution in [1.82, 2.24) is 0 Å². The number of hydrogen-bond acceptors (Lipinski definition) is 4. The first-order chi connectivity index (χ1) is 19.9. The van der Waals surface area contributed by atoms with E-state index < -0.39 is 0 Å². The third-order valence-electron chi connectivity index (χ3n) is 16.3. The number of hydrogen-bond donors (Lipinski definition) is 2. The largest absolute Gasteiger partial charge is 1.00 e. The topological polar surface area (TPSA) is 74.6 Å². The SMILES string of the molecule is C[C@]12CCC(=O)C=C1CCC1C2CC[C@@]2(C)C1CC[C@@H]2O.C[C@]12CCC3C(CC[C@H]4CC(=O)CC[C@]34C)C1CC[C@@H]2O.[H+]. The van der Waals surface area contributed by atoms with Crippen LogP contribution < -0.4 is 0 Å². The van der Waals surface area contributed by atoms with Crippen LogP contribution in [0.2, 0.25) is 0 Å². The molecule has 42 heavy (non-hydrogen) atoms. The molecule has 7 saturated carbocycles. The number of aliphatic hydroxyl groups excluding tert-OH is 2. The van der Waals surface area contributed by atoms with Gasteiger partial charge in [-0.3, -0.25) is 9.59 Å². The van der Waals surface area contributed by atoms with Crippen molar-refractivity contribution in [2.45, 2.75) is 149 Å². The van der Waals surface area contributed by atoms with Gasteiger partial charge in [0.25, 0.3) is 0 Å². The standard InChI is InChI=1S/C19H30O2.C19H28O2/c2*1-18-9-7-13(20)11-12(18)3-4-14-15-5-6-17(21)19(15,2)10-8-16(14)18/h12,14-17,21H,3-11H2,1-2H3;11,14-17,21H,3-10H2,1-2H3/p+1/t12-,14?,15?,16?,17-,18-,19-;14?,15?,16?,17-,18-,19-/m00/s1. The van der Waals surface area contributed by atoms with E-state index in [9.17, 15) is 19.8 Å². The lowest BCUT2D eigenvalue weighted by Gasteiger charge is -2.60. The zero-order valence-electron chi connectivity index (χ0n) is 28.0. The molecule has 0 spiro atoms. The van der Waals surface area contributed by atoms with E-state index in [1.54, 1.807) is 0 Å². The van der Waals surface area contributed by atoms with Crippen molar-refractivity contribution in [2.75, 3.05) is 0 Å². The second-order valence-electron chi connectivity index (χ2n) is 17.6. The number of rotatable bonds is 0. The first kappa shape index (κ1) is 29.7. The fourth-order valence-electron chi connectivity index (χ4n) is 13.5. The van der Waals surface area contributed by atoms with Crippen molar-refractivity contribution in [3.05, 3.63) is 11.6 Å². The molecule has 8 aliphatic carbocycles. The van der Waals surface area contributed by atoms with Gasteiger partial charge in [0.1, 0.15) is 5.78 Å². The molecule has 0 radical (unpaired) electrons. The summed E-state index contributed by atoms with van der Waals surface area (Å²) >= 11 is 0. The van der Waals surface area contributed by atoms with Gasteiger partial charge in [0.05, 0.1) is 12.2 Å². The molecule has 4 heteroatoms. The minimum Gasteiger partial charge on any atom is -0.393 e. The summed E-state index contributed by atoms with van der Waals surface area (Å²) in [7, 11) is 0. The predicted octanol–water partition coefficient (Wildman–Crippen LogP) is 7.95. The molecule has 0 heterocycles. The van der Waals surface area contributed by atoms with Gasteiger partial charge in [0.2, 0.25) is 0 Å². The lowest BCUT2D eigenvalue weighted by atomic mass is 9.45. The number of fused-ring (bicyclic) bond motifs is 10. The zero-order valence-corrected chi connectivity index (χ0v) is 27.0. The maximum absolute atomic E-state index is 11.9. The Kier molecular flexibility index (Phi) is 7.26. The average molecular weight is 580 g/mol. The molecule has 234 valence electrons. The number of Topliss-reactive ketones (excluding diaryl/α,β-unsaturated/α-hetero) is 1. The summed E-state index contributed by atoms with van der Waals surface area (Å²) in [5.41, 5.74) is 2.48. The van der Waals surface area contributed by atoms with Crippen LogP contribution in [0.1, 0.15) is 138 Å². The van der Waals surface area contributed by atoms with E-state index in [1.165, 1.54) is 63.4 Å². The monoisotopic (exact) mass is 579 g/mol. The Morgan fingerprint density at radius 1 is 0.619 bits per heavy atom. The molecule has 13 atom stereocenters. The average Bonchev–Trinajstić information content (AvgIpc) is 3.44. The summed E-state index contributed by atoms with van der Waals surface area (Å²) in [6.45, 7) is 9.61. The Bertz CT molecular complexity index is 1150. The molecule has 6 unspecified atom stereocenters. The molecule has 8 aliphatic rings. The zero-order chi connectivity index (χ0) is 29.7. The number of allylic oxidation sites excluding steroid dienone is 1. The van der Waals surface area contributed by atoms with Crippen molar-refractivity contribution in [3.63, 3.8) is 0 Å². The van der Waals surface area contributed by atoms with Gasteiger partial charge in [0, 0.05) is 19.3 Å². The maximum atomic E-state index is 11.9. The van der Waals surface area contributed by atoms with Gasteiger partial charge in [-0.15, -0.1) is 0 Å². The fourth-order valence-corrected chi connectivity index (χ4v) is 13.5. The maximum Gasteiger partial charge on any atom is 1.00 e. The highest BCUT2D eigenvalue weighted by Crippen LogP contribution is 2.67. The first-order valence-electron chi connectivity index (χ1n) is 18.0. The minimum atomic E-state index is -0.0823. The Morgan fingerprint density at radius 2 is 1.21 bits per heavy atom.